The molecule has 3 aromatic carbocycles. The number of hydrogen-bond donors (Lipinski definition) is 1. The number of rotatable bonds is 8. The Labute approximate surface area is 185 Å². The van der Waals surface area contributed by atoms with Crippen LogP contribution in [-0.2, 0) is 12.0 Å². The zero-order valence-electron chi connectivity index (χ0n) is 18.0. The van der Waals surface area contributed by atoms with Crippen LogP contribution in [-0.4, -0.2) is 35.4 Å². The number of aliphatic hydroxyl groups is 1. The van der Waals surface area contributed by atoms with Gasteiger partial charge < -0.3 is 10.0 Å². The summed E-state index contributed by atoms with van der Waals surface area (Å²) in [6.07, 6.45) is 3.86. The van der Waals surface area contributed by atoms with Gasteiger partial charge in [0.25, 0.3) is 0 Å². The molecule has 0 aliphatic carbocycles. The average molecular weight is 414 g/mol. The highest BCUT2D eigenvalue weighted by Gasteiger charge is 2.46. The summed E-state index contributed by atoms with van der Waals surface area (Å²) in [4.78, 5) is 15.8. The number of nitrogens with zero attached hydrogens (tertiary/aromatic N) is 1. The van der Waals surface area contributed by atoms with E-state index in [1.165, 1.54) is 5.56 Å². The number of benzene rings is 3. The normalized spacial score (nSPS) is 21.6. The molecule has 0 aromatic heterocycles. The summed E-state index contributed by atoms with van der Waals surface area (Å²) in [7, 11) is 0. The molecule has 1 fully saturated rings. The van der Waals surface area contributed by atoms with Gasteiger partial charge in [-0.25, -0.2) is 0 Å². The van der Waals surface area contributed by atoms with Gasteiger partial charge >= 0.3 is 0 Å². The topological polar surface area (TPSA) is 40.5 Å². The number of ketones is 1. The van der Waals surface area contributed by atoms with Crippen LogP contribution in [0.1, 0.15) is 40.7 Å². The van der Waals surface area contributed by atoms with Crippen molar-refractivity contribution >= 4 is 5.78 Å². The van der Waals surface area contributed by atoms with Crippen LogP contribution in [0.25, 0.3) is 0 Å². The van der Waals surface area contributed by atoms with E-state index in [9.17, 15) is 9.90 Å². The van der Waals surface area contributed by atoms with Crippen molar-refractivity contribution in [3.8, 4) is 0 Å². The Bertz CT molecular complexity index is 958. The summed E-state index contributed by atoms with van der Waals surface area (Å²) in [5, 5.41) is 11.7. The molecule has 2 atom stereocenters. The predicted octanol–water partition coefficient (Wildman–Crippen LogP) is 5.10. The fraction of sp³-hybridized carbons (Fsp3) is 0.321. The lowest BCUT2D eigenvalue weighted by Crippen LogP contribution is -2.53. The highest BCUT2D eigenvalue weighted by molar-refractivity contribution is 5.99. The molecule has 1 heterocycles. The molecule has 0 radical (unpaired) electrons. The molecule has 160 valence electrons. The van der Waals surface area contributed by atoms with Crippen molar-refractivity contribution in [2.45, 2.75) is 31.3 Å². The lowest BCUT2D eigenvalue weighted by Gasteiger charge is -2.44. The Kier molecular flexibility index (Phi) is 6.96. The van der Waals surface area contributed by atoms with Crippen LogP contribution in [0.3, 0.4) is 0 Å². The van der Waals surface area contributed by atoms with Crippen molar-refractivity contribution in [1.82, 2.24) is 4.90 Å². The molecule has 3 nitrogen and oxygen atoms in total. The van der Waals surface area contributed by atoms with Crippen LogP contribution in [0.15, 0.2) is 91.0 Å². The minimum absolute atomic E-state index is 0.0286. The summed E-state index contributed by atoms with van der Waals surface area (Å²) in [5.74, 6) is -0.443. The maximum atomic E-state index is 13.5. The molecular weight excluding hydrogens is 382 g/mol. The largest absolute Gasteiger partial charge is 0.384 e. The van der Waals surface area contributed by atoms with Gasteiger partial charge in [-0.05, 0) is 43.4 Å². The van der Waals surface area contributed by atoms with Crippen molar-refractivity contribution < 1.29 is 9.90 Å². The van der Waals surface area contributed by atoms with Crippen molar-refractivity contribution in [3.05, 3.63) is 108 Å². The molecular formula is C28H31NO2. The van der Waals surface area contributed by atoms with E-state index in [-0.39, 0.29) is 5.78 Å². The first-order valence-electron chi connectivity index (χ1n) is 11.3. The van der Waals surface area contributed by atoms with Crippen LogP contribution >= 0.6 is 0 Å². The summed E-state index contributed by atoms with van der Waals surface area (Å²) in [6, 6.07) is 29.7. The number of Topliss-reactive ketones (excluding diaryl/α,β-unsaturated/α-hetero) is 1. The molecule has 3 aromatic rings. The van der Waals surface area contributed by atoms with Crippen molar-refractivity contribution in [2.75, 3.05) is 19.6 Å². The Morgan fingerprint density at radius 2 is 1.48 bits per heavy atom. The first-order chi connectivity index (χ1) is 15.2. The van der Waals surface area contributed by atoms with E-state index in [0.29, 0.717) is 18.5 Å². The molecule has 1 N–H and O–H groups in total. The first kappa shape index (κ1) is 21.5. The van der Waals surface area contributed by atoms with Crippen LogP contribution in [0.5, 0.6) is 0 Å². The second-order valence-electron chi connectivity index (χ2n) is 8.57. The highest BCUT2D eigenvalue weighted by Crippen LogP contribution is 2.39. The summed E-state index contributed by atoms with van der Waals surface area (Å²) in [5.41, 5.74) is 1.76. The quantitative estimate of drug-likeness (QED) is 0.412. The van der Waals surface area contributed by atoms with Crippen molar-refractivity contribution in [3.63, 3.8) is 0 Å². The zero-order valence-corrected chi connectivity index (χ0v) is 18.0. The van der Waals surface area contributed by atoms with E-state index in [2.05, 4.69) is 35.2 Å². The zero-order chi connectivity index (χ0) is 21.5. The number of piperidine rings is 1. The molecule has 1 saturated heterocycles. The van der Waals surface area contributed by atoms with Crippen molar-refractivity contribution in [2.24, 2.45) is 5.92 Å². The minimum Gasteiger partial charge on any atom is -0.384 e. The van der Waals surface area contributed by atoms with Gasteiger partial charge in [-0.3, -0.25) is 4.79 Å². The van der Waals surface area contributed by atoms with Crippen molar-refractivity contribution in [1.29, 1.82) is 0 Å². The number of aryl methyl sites for hydroxylation is 1. The van der Waals surface area contributed by atoms with Gasteiger partial charge in [0, 0.05) is 18.7 Å². The van der Waals surface area contributed by atoms with Gasteiger partial charge in [-0.1, -0.05) is 91.0 Å². The predicted molar refractivity (Wildman–Crippen MR) is 125 cm³/mol. The van der Waals surface area contributed by atoms with E-state index in [4.69, 9.17) is 0 Å². The van der Waals surface area contributed by atoms with E-state index < -0.39 is 11.5 Å². The summed E-state index contributed by atoms with van der Waals surface area (Å²) in [6.45, 7) is 2.34. The molecule has 1 aliphatic rings. The molecule has 31 heavy (non-hydrogen) atoms. The Morgan fingerprint density at radius 1 is 0.871 bits per heavy atom. The van der Waals surface area contributed by atoms with Gasteiger partial charge in [0.1, 0.15) is 5.60 Å². The SMILES string of the molecule is O=C(c1ccccc1)C1CN(CCCCc2ccccc2)CCC1(O)c1ccccc1. The molecule has 0 bridgehead atoms. The number of carbonyl (C=O) groups excluding carboxylic acids is 1. The Hall–Kier alpha value is -2.75. The van der Waals surface area contributed by atoms with E-state index in [1.807, 2.05) is 60.7 Å². The van der Waals surface area contributed by atoms with Gasteiger partial charge in [-0.15, -0.1) is 0 Å². The smallest absolute Gasteiger partial charge is 0.170 e. The van der Waals surface area contributed by atoms with Crippen LogP contribution in [0, 0.1) is 5.92 Å². The second kappa shape index (κ2) is 10.0. The molecule has 4 rings (SSSR count). The molecule has 2 unspecified atom stereocenters. The average Bonchev–Trinajstić information content (AvgIpc) is 2.84. The summed E-state index contributed by atoms with van der Waals surface area (Å²) >= 11 is 0. The highest BCUT2D eigenvalue weighted by atomic mass is 16.3. The van der Waals surface area contributed by atoms with E-state index >= 15 is 0 Å². The third kappa shape index (κ3) is 5.12. The number of likely N-dealkylation sites (tertiary alicyclic amines) is 1. The number of unbranched alkanes of at least 4 members (excludes halogenated alkanes) is 1. The molecule has 3 heteroatoms. The Morgan fingerprint density at radius 3 is 2.16 bits per heavy atom. The number of carbonyl (C=O) groups is 1. The maximum Gasteiger partial charge on any atom is 0.170 e. The fourth-order valence-corrected chi connectivity index (χ4v) is 4.69. The van der Waals surface area contributed by atoms with Gasteiger partial charge in [0.15, 0.2) is 5.78 Å². The minimum atomic E-state index is -1.13. The second-order valence-corrected chi connectivity index (χ2v) is 8.57. The van der Waals surface area contributed by atoms with Gasteiger partial charge in [0.05, 0.1) is 5.92 Å². The standard InChI is InChI=1S/C28H31NO2/c30-27(24-15-6-2-7-16-24)26-22-29(20-11-10-14-23-12-4-1-5-13-23)21-19-28(26,31)25-17-8-3-9-18-25/h1-9,12-13,15-18,26,31H,10-11,14,19-22H2. The van der Waals surface area contributed by atoms with E-state index in [0.717, 1.165) is 37.9 Å². The van der Waals surface area contributed by atoms with Crippen LogP contribution in [0.2, 0.25) is 0 Å². The lowest BCUT2D eigenvalue weighted by atomic mass is 9.72. The van der Waals surface area contributed by atoms with Crippen LogP contribution < -0.4 is 0 Å². The fourth-order valence-electron chi connectivity index (χ4n) is 4.69. The third-order valence-electron chi connectivity index (χ3n) is 6.51. The van der Waals surface area contributed by atoms with Gasteiger partial charge in [-0.2, -0.15) is 0 Å². The molecule has 0 amide bonds. The monoisotopic (exact) mass is 413 g/mol. The summed E-state index contributed by atoms with van der Waals surface area (Å²) < 4.78 is 0. The molecule has 1 aliphatic heterocycles. The molecule has 0 spiro atoms. The van der Waals surface area contributed by atoms with Gasteiger partial charge in [0.2, 0.25) is 0 Å². The lowest BCUT2D eigenvalue weighted by molar-refractivity contribution is -0.0643. The first-order valence-corrected chi connectivity index (χ1v) is 11.3. The molecule has 0 saturated carbocycles. The maximum absolute atomic E-state index is 13.5. The van der Waals surface area contributed by atoms with E-state index in [1.54, 1.807) is 0 Å². The van der Waals surface area contributed by atoms with Crippen LogP contribution in [0.4, 0.5) is 0 Å². The number of hydrogen-bond acceptors (Lipinski definition) is 3. The Balaban J connectivity index is 1.45. The third-order valence-corrected chi connectivity index (χ3v) is 6.51.